The summed E-state index contributed by atoms with van der Waals surface area (Å²) < 4.78 is 1.99. The monoisotopic (exact) mass is 258 g/mol. The molecule has 0 bridgehead atoms. The van der Waals surface area contributed by atoms with Crippen LogP contribution in [0.1, 0.15) is 29.2 Å². The van der Waals surface area contributed by atoms with Crippen LogP contribution in [0, 0.1) is 0 Å². The average Bonchev–Trinajstić information content (AvgIpc) is 2.82. The second-order valence-corrected chi connectivity index (χ2v) is 5.28. The van der Waals surface area contributed by atoms with Gasteiger partial charge in [-0.15, -0.1) is 0 Å². The first-order valence-electron chi connectivity index (χ1n) is 6.61. The van der Waals surface area contributed by atoms with E-state index >= 15 is 0 Å². The predicted octanol–water partition coefficient (Wildman–Crippen LogP) is 1.40. The van der Waals surface area contributed by atoms with Crippen LogP contribution in [0.15, 0.2) is 24.4 Å². The Hall–Kier alpha value is -1.88. The summed E-state index contributed by atoms with van der Waals surface area (Å²) in [4.78, 5) is 13.7. The first-order chi connectivity index (χ1) is 9.15. The van der Waals surface area contributed by atoms with Crippen molar-refractivity contribution in [1.29, 1.82) is 0 Å². The second kappa shape index (κ2) is 4.66. The number of nitrogens with two attached hydrogens (primary N) is 1. The Morgan fingerprint density at radius 1 is 1.47 bits per heavy atom. The van der Waals surface area contributed by atoms with Crippen molar-refractivity contribution in [2.45, 2.75) is 18.9 Å². The van der Waals surface area contributed by atoms with Crippen LogP contribution in [0.3, 0.4) is 0 Å². The smallest absolute Gasteiger partial charge is 0.250 e. The molecule has 5 heteroatoms. The fourth-order valence-corrected chi connectivity index (χ4v) is 2.80. The third-order valence-corrected chi connectivity index (χ3v) is 3.79. The molecule has 1 amide bonds. The summed E-state index contributed by atoms with van der Waals surface area (Å²) in [5.41, 5.74) is 6.60. The van der Waals surface area contributed by atoms with Gasteiger partial charge in [0.15, 0.2) is 0 Å². The Morgan fingerprint density at radius 2 is 2.32 bits per heavy atom. The second-order valence-electron chi connectivity index (χ2n) is 5.28. The minimum absolute atomic E-state index is 0.381. The van der Waals surface area contributed by atoms with E-state index in [2.05, 4.69) is 17.0 Å². The molecule has 1 aromatic heterocycles. The summed E-state index contributed by atoms with van der Waals surface area (Å²) in [6.45, 7) is 2.14. The highest BCUT2D eigenvalue weighted by molar-refractivity contribution is 6.04. The highest BCUT2D eigenvalue weighted by atomic mass is 16.1. The van der Waals surface area contributed by atoms with Crippen molar-refractivity contribution in [2.75, 3.05) is 20.1 Å². The molecule has 1 fully saturated rings. The predicted molar refractivity (Wildman–Crippen MR) is 74.0 cm³/mol. The van der Waals surface area contributed by atoms with E-state index in [0.29, 0.717) is 17.1 Å². The zero-order chi connectivity index (χ0) is 13.4. The van der Waals surface area contributed by atoms with Crippen LogP contribution in [-0.4, -0.2) is 40.7 Å². The minimum atomic E-state index is -0.420. The van der Waals surface area contributed by atoms with E-state index in [9.17, 15) is 4.79 Å². The number of fused-ring (bicyclic) bond motifs is 1. The molecule has 100 valence electrons. The maximum atomic E-state index is 11.4. The molecule has 1 saturated heterocycles. The number of hydrogen-bond acceptors (Lipinski definition) is 3. The molecular formula is C14H18N4O. The summed E-state index contributed by atoms with van der Waals surface area (Å²) in [6.07, 6.45) is 4.33. The van der Waals surface area contributed by atoms with Gasteiger partial charge in [0.05, 0.1) is 11.6 Å². The van der Waals surface area contributed by atoms with Crippen LogP contribution in [0.25, 0.3) is 10.9 Å². The first kappa shape index (κ1) is 12.2. The molecule has 2 N–H and O–H groups in total. The van der Waals surface area contributed by atoms with Crippen molar-refractivity contribution in [1.82, 2.24) is 14.7 Å². The molecular weight excluding hydrogens is 240 g/mol. The summed E-state index contributed by atoms with van der Waals surface area (Å²) >= 11 is 0. The van der Waals surface area contributed by atoms with E-state index < -0.39 is 5.91 Å². The molecule has 2 aromatic rings. The van der Waals surface area contributed by atoms with Crippen molar-refractivity contribution in [3.8, 4) is 0 Å². The van der Waals surface area contributed by atoms with Gasteiger partial charge in [-0.3, -0.25) is 9.48 Å². The fraction of sp³-hybridized carbons (Fsp3) is 0.429. The average molecular weight is 258 g/mol. The van der Waals surface area contributed by atoms with Gasteiger partial charge in [0.2, 0.25) is 0 Å². The van der Waals surface area contributed by atoms with Crippen LogP contribution in [0.2, 0.25) is 0 Å². The molecule has 2 heterocycles. The van der Waals surface area contributed by atoms with Gasteiger partial charge in [-0.05, 0) is 32.5 Å². The quantitative estimate of drug-likeness (QED) is 0.885. The maximum Gasteiger partial charge on any atom is 0.250 e. The lowest BCUT2D eigenvalue weighted by atomic mass is 10.1. The number of benzene rings is 1. The standard InChI is InChI=1S/C14H18N4O/c1-17-7-3-5-11(9-17)18-8-10-4-2-6-12(14(15)19)13(10)16-18/h2,4,6,8,11H,3,5,7,9H2,1H3,(H2,15,19). The number of carbonyl (C=O) groups excluding carboxylic acids is 1. The maximum absolute atomic E-state index is 11.4. The van der Waals surface area contributed by atoms with Gasteiger partial charge < -0.3 is 10.6 Å². The molecule has 0 saturated carbocycles. The molecule has 19 heavy (non-hydrogen) atoms. The Morgan fingerprint density at radius 3 is 3.05 bits per heavy atom. The van der Waals surface area contributed by atoms with Gasteiger partial charge in [0, 0.05) is 18.1 Å². The number of carbonyl (C=O) groups is 1. The molecule has 0 radical (unpaired) electrons. The number of nitrogens with zero attached hydrogens (tertiary/aromatic N) is 3. The number of hydrogen-bond donors (Lipinski definition) is 1. The number of primary amides is 1. The zero-order valence-electron chi connectivity index (χ0n) is 11.0. The molecule has 0 aliphatic carbocycles. The fourth-order valence-electron chi connectivity index (χ4n) is 2.80. The van der Waals surface area contributed by atoms with Crippen molar-refractivity contribution in [3.05, 3.63) is 30.0 Å². The van der Waals surface area contributed by atoms with E-state index in [1.54, 1.807) is 6.07 Å². The van der Waals surface area contributed by atoms with Crippen LogP contribution >= 0.6 is 0 Å². The number of aromatic nitrogens is 2. The van der Waals surface area contributed by atoms with Crippen molar-refractivity contribution >= 4 is 16.8 Å². The third kappa shape index (κ3) is 2.21. The molecule has 1 aromatic carbocycles. The van der Waals surface area contributed by atoms with Gasteiger partial charge in [-0.1, -0.05) is 12.1 Å². The van der Waals surface area contributed by atoms with Gasteiger partial charge in [-0.2, -0.15) is 5.10 Å². The number of likely N-dealkylation sites (N-methyl/N-ethyl adjacent to an activating group) is 1. The molecule has 5 nitrogen and oxygen atoms in total. The Kier molecular flexibility index (Phi) is 2.98. The highest BCUT2D eigenvalue weighted by Gasteiger charge is 2.20. The first-order valence-corrected chi connectivity index (χ1v) is 6.61. The van der Waals surface area contributed by atoms with Crippen molar-refractivity contribution in [2.24, 2.45) is 5.73 Å². The molecule has 1 unspecified atom stereocenters. The lowest BCUT2D eigenvalue weighted by Gasteiger charge is -2.29. The largest absolute Gasteiger partial charge is 0.366 e. The normalized spacial score (nSPS) is 20.8. The van der Waals surface area contributed by atoms with Gasteiger partial charge in [0.1, 0.15) is 5.52 Å². The minimum Gasteiger partial charge on any atom is -0.366 e. The zero-order valence-corrected chi connectivity index (χ0v) is 11.0. The van der Waals surface area contributed by atoms with E-state index in [1.807, 2.05) is 23.0 Å². The van der Waals surface area contributed by atoms with Crippen LogP contribution in [0.4, 0.5) is 0 Å². The van der Waals surface area contributed by atoms with Crippen LogP contribution in [0.5, 0.6) is 0 Å². The van der Waals surface area contributed by atoms with E-state index in [4.69, 9.17) is 5.73 Å². The molecule has 1 aliphatic heterocycles. The Balaban J connectivity index is 2.01. The lowest BCUT2D eigenvalue weighted by Crippen LogP contribution is -2.33. The highest BCUT2D eigenvalue weighted by Crippen LogP contribution is 2.24. The number of amides is 1. The summed E-state index contributed by atoms with van der Waals surface area (Å²) in [6, 6.07) is 5.93. The van der Waals surface area contributed by atoms with E-state index in [-0.39, 0.29) is 0 Å². The van der Waals surface area contributed by atoms with Gasteiger partial charge in [-0.25, -0.2) is 0 Å². The molecule has 1 atom stereocenters. The topological polar surface area (TPSA) is 64.2 Å². The summed E-state index contributed by atoms with van der Waals surface area (Å²) in [5, 5.41) is 5.56. The van der Waals surface area contributed by atoms with Crippen molar-refractivity contribution in [3.63, 3.8) is 0 Å². The molecule has 1 aliphatic rings. The Labute approximate surface area is 112 Å². The SMILES string of the molecule is CN1CCCC(n2cc3cccc(C(N)=O)c3n2)C1. The van der Waals surface area contributed by atoms with E-state index in [1.165, 1.54) is 6.42 Å². The van der Waals surface area contributed by atoms with E-state index in [0.717, 1.165) is 24.9 Å². The summed E-state index contributed by atoms with van der Waals surface area (Å²) in [7, 11) is 2.13. The number of likely N-dealkylation sites (tertiary alicyclic amines) is 1. The third-order valence-electron chi connectivity index (χ3n) is 3.79. The summed E-state index contributed by atoms with van der Waals surface area (Å²) in [5.74, 6) is -0.420. The van der Waals surface area contributed by atoms with Crippen LogP contribution in [-0.2, 0) is 0 Å². The van der Waals surface area contributed by atoms with Crippen LogP contribution < -0.4 is 5.73 Å². The molecule has 3 rings (SSSR count). The van der Waals surface area contributed by atoms with Gasteiger partial charge in [0.25, 0.3) is 5.91 Å². The van der Waals surface area contributed by atoms with Crippen molar-refractivity contribution < 1.29 is 4.79 Å². The Bertz CT molecular complexity index is 619. The lowest BCUT2D eigenvalue weighted by molar-refractivity contribution is 0.100. The van der Waals surface area contributed by atoms with Gasteiger partial charge >= 0.3 is 0 Å². The molecule has 0 spiro atoms. The number of rotatable bonds is 2. The number of piperidine rings is 1.